The van der Waals surface area contributed by atoms with E-state index < -0.39 is 17.3 Å². The summed E-state index contributed by atoms with van der Waals surface area (Å²) in [6, 6.07) is 6.32. The molecule has 2 unspecified atom stereocenters. The molecule has 1 aromatic heterocycles. The predicted molar refractivity (Wildman–Crippen MR) is 106 cm³/mol. The van der Waals surface area contributed by atoms with Crippen LogP contribution in [0.15, 0.2) is 29.1 Å². The number of halogens is 3. The molecule has 1 aromatic carbocycles. The first-order valence-corrected chi connectivity index (χ1v) is 9.67. The van der Waals surface area contributed by atoms with Gasteiger partial charge in [-0.3, -0.25) is 4.79 Å². The van der Waals surface area contributed by atoms with Gasteiger partial charge in [-0.1, -0.05) is 46.1 Å². The highest BCUT2D eigenvalue weighted by Crippen LogP contribution is 2.31. The summed E-state index contributed by atoms with van der Waals surface area (Å²) in [6.07, 6.45) is -0.857. The van der Waals surface area contributed by atoms with Crippen LogP contribution in [0.25, 0.3) is 0 Å². The third-order valence-corrected chi connectivity index (χ3v) is 5.04. The molecule has 0 aliphatic heterocycles. The van der Waals surface area contributed by atoms with Crippen LogP contribution in [0, 0.1) is 23.2 Å². The molecule has 2 N–H and O–H groups in total. The highest BCUT2D eigenvalue weighted by Gasteiger charge is 2.30. The summed E-state index contributed by atoms with van der Waals surface area (Å²) >= 11 is 0. The lowest BCUT2D eigenvalue weighted by atomic mass is 9.85. The van der Waals surface area contributed by atoms with Crippen molar-refractivity contribution in [2.24, 2.45) is 11.8 Å². The smallest absolute Gasteiger partial charge is 0.339 e. The lowest BCUT2D eigenvalue weighted by Crippen LogP contribution is -2.21. The van der Waals surface area contributed by atoms with Crippen molar-refractivity contribution in [1.29, 1.82) is 5.26 Å². The number of nitriles is 1. The first-order valence-electron chi connectivity index (χ1n) is 9.67. The van der Waals surface area contributed by atoms with Crippen LogP contribution in [0.5, 0.6) is 0 Å². The SMILES string of the molecule is CCCC(CC)C(C)Cc1nc(Nc2cccc(C(F)(F)F)c2)c(C#N)c(=O)[nH]1. The van der Waals surface area contributed by atoms with Gasteiger partial charge < -0.3 is 10.3 Å². The van der Waals surface area contributed by atoms with Crippen LogP contribution in [0.1, 0.15) is 57.0 Å². The maximum absolute atomic E-state index is 12.9. The van der Waals surface area contributed by atoms with Crippen molar-refractivity contribution in [2.75, 3.05) is 5.32 Å². The molecule has 29 heavy (non-hydrogen) atoms. The molecule has 0 bridgehead atoms. The van der Waals surface area contributed by atoms with Gasteiger partial charge in [0.25, 0.3) is 5.56 Å². The fourth-order valence-electron chi connectivity index (χ4n) is 3.45. The maximum Gasteiger partial charge on any atom is 0.416 e. The average Bonchev–Trinajstić information content (AvgIpc) is 2.65. The lowest BCUT2D eigenvalue weighted by molar-refractivity contribution is -0.137. The zero-order valence-electron chi connectivity index (χ0n) is 16.7. The van der Waals surface area contributed by atoms with E-state index in [9.17, 15) is 23.2 Å². The molecule has 156 valence electrons. The second-order valence-corrected chi connectivity index (χ2v) is 7.19. The van der Waals surface area contributed by atoms with Gasteiger partial charge in [0.05, 0.1) is 5.56 Å². The van der Waals surface area contributed by atoms with E-state index in [2.05, 4.69) is 36.1 Å². The number of hydrogen-bond donors (Lipinski definition) is 2. The standard InChI is InChI=1S/C21H25F3N4O/c1-4-7-14(5-2)13(3)10-18-27-19(17(12-25)20(29)28-18)26-16-9-6-8-15(11-16)21(22,23)24/h6,8-9,11,13-14H,4-5,7,10H2,1-3H3,(H2,26,27,28,29). The molecule has 0 amide bonds. The number of rotatable bonds is 8. The topological polar surface area (TPSA) is 81.6 Å². The highest BCUT2D eigenvalue weighted by molar-refractivity contribution is 5.62. The zero-order valence-corrected chi connectivity index (χ0v) is 16.7. The molecule has 0 saturated heterocycles. The van der Waals surface area contributed by atoms with Crippen LogP contribution in [-0.2, 0) is 12.6 Å². The molecule has 0 radical (unpaired) electrons. The molecular weight excluding hydrogens is 381 g/mol. The molecule has 0 aliphatic rings. The van der Waals surface area contributed by atoms with E-state index in [-0.39, 0.29) is 23.0 Å². The molecule has 2 rings (SSSR count). The van der Waals surface area contributed by atoms with Gasteiger partial charge in [0, 0.05) is 12.1 Å². The van der Waals surface area contributed by atoms with Gasteiger partial charge in [-0.2, -0.15) is 18.4 Å². The van der Waals surface area contributed by atoms with E-state index >= 15 is 0 Å². The largest absolute Gasteiger partial charge is 0.416 e. The van der Waals surface area contributed by atoms with Crippen molar-refractivity contribution >= 4 is 11.5 Å². The van der Waals surface area contributed by atoms with Crippen LogP contribution in [-0.4, -0.2) is 9.97 Å². The highest BCUT2D eigenvalue weighted by atomic mass is 19.4. The summed E-state index contributed by atoms with van der Waals surface area (Å²) in [5.74, 6) is 1.10. The monoisotopic (exact) mass is 406 g/mol. The van der Waals surface area contributed by atoms with E-state index in [0.717, 1.165) is 31.4 Å². The Morgan fingerprint density at radius 3 is 2.62 bits per heavy atom. The van der Waals surface area contributed by atoms with Gasteiger partial charge in [-0.05, 0) is 30.0 Å². The third kappa shape index (κ3) is 5.83. The number of anilines is 2. The van der Waals surface area contributed by atoms with Crippen LogP contribution in [0.3, 0.4) is 0 Å². The molecule has 5 nitrogen and oxygen atoms in total. The number of benzene rings is 1. The molecule has 0 aliphatic carbocycles. The van der Waals surface area contributed by atoms with Crippen molar-refractivity contribution < 1.29 is 13.2 Å². The number of hydrogen-bond acceptors (Lipinski definition) is 4. The molecule has 0 fully saturated rings. The van der Waals surface area contributed by atoms with Gasteiger partial charge in [0.2, 0.25) is 0 Å². The summed E-state index contributed by atoms with van der Waals surface area (Å²) < 4.78 is 38.8. The Labute approximate surface area is 168 Å². The minimum absolute atomic E-state index is 0.0404. The van der Waals surface area contributed by atoms with E-state index in [1.54, 1.807) is 6.07 Å². The van der Waals surface area contributed by atoms with E-state index in [0.29, 0.717) is 18.2 Å². The number of aromatic nitrogens is 2. The number of H-pyrrole nitrogens is 1. The number of nitrogens with zero attached hydrogens (tertiary/aromatic N) is 2. The van der Waals surface area contributed by atoms with Gasteiger partial charge in [-0.25, -0.2) is 4.98 Å². The Balaban J connectivity index is 2.35. The van der Waals surface area contributed by atoms with Gasteiger partial charge >= 0.3 is 6.18 Å². The summed E-state index contributed by atoms with van der Waals surface area (Å²) in [7, 11) is 0. The quantitative estimate of drug-likeness (QED) is 0.614. The molecule has 2 aromatic rings. The number of aromatic amines is 1. The van der Waals surface area contributed by atoms with Crippen LogP contribution >= 0.6 is 0 Å². The minimum atomic E-state index is -4.49. The first kappa shape index (κ1) is 22.5. The molecular formula is C21H25F3N4O. The second-order valence-electron chi connectivity index (χ2n) is 7.19. The number of alkyl halides is 3. The second kappa shape index (κ2) is 9.59. The molecule has 0 saturated carbocycles. The van der Waals surface area contributed by atoms with Crippen molar-refractivity contribution in [3.63, 3.8) is 0 Å². The van der Waals surface area contributed by atoms with Gasteiger partial charge in [-0.15, -0.1) is 0 Å². The van der Waals surface area contributed by atoms with Crippen molar-refractivity contribution in [2.45, 2.75) is 52.6 Å². The van der Waals surface area contributed by atoms with Crippen LogP contribution in [0.2, 0.25) is 0 Å². The van der Waals surface area contributed by atoms with Gasteiger partial charge in [0.15, 0.2) is 11.4 Å². The Morgan fingerprint density at radius 1 is 1.31 bits per heavy atom. The average molecular weight is 406 g/mol. The Bertz CT molecular complexity index is 931. The fourth-order valence-corrected chi connectivity index (χ4v) is 3.45. The maximum atomic E-state index is 12.9. The lowest BCUT2D eigenvalue weighted by Gasteiger charge is -2.22. The third-order valence-electron chi connectivity index (χ3n) is 5.04. The van der Waals surface area contributed by atoms with Crippen molar-refractivity contribution in [1.82, 2.24) is 9.97 Å². The molecule has 8 heteroatoms. The summed E-state index contributed by atoms with van der Waals surface area (Å²) in [5, 5.41) is 12.0. The minimum Gasteiger partial charge on any atom is -0.339 e. The Hall–Kier alpha value is -2.82. The zero-order chi connectivity index (χ0) is 21.6. The molecule has 1 heterocycles. The van der Waals surface area contributed by atoms with Gasteiger partial charge in [0.1, 0.15) is 11.9 Å². The van der Waals surface area contributed by atoms with E-state index in [4.69, 9.17) is 0 Å². The van der Waals surface area contributed by atoms with E-state index in [1.165, 1.54) is 12.1 Å². The van der Waals surface area contributed by atoms with E-state index in [1.807, 2.05) is 0 Å². The van der Waals surface area contributed by atoms with Crippen molar-refractivity contribution in [3.05, 3.63) is 51.6 Å². The number of nitrogens with one attached hydrogen (secondary N) is 2. The Morgan fingerprint density at radius 2 is 2.03 bits per heavy atom. The Kier molecular flexibility index (Phi) is 7.43. The predicted octanol–water partition coefficient (Wildman–Crippen LogP) is 5.41. The summed E-state index contributed by atoms with van der Waals surface area (Å²) in [4.78, 5) is 19.3. The van der Waals surface area contributed by atoms with Crippen LogP contribution < -0.4 is 10.9 Å². The first-order chi connectivity index (χ1) is 13.7. The van der Waals surface area contributed by atoms with Crippen LogP contribution in [0.4, 0.5) is 24.7 Å². The molecule has 0 spiro atoms. The normalized spacial score (nSPS) is 13.6. The summed E-state index contributed by atoms with van der Waals surface area (Å²) in [6.45, 7) is 6.32. The molecule has 2 atom stereocenters. The summed E-state index contributed by atoms with van der Waals surface area (Å²) in [5.41, 5.74) is -1.60. The van der Waals surface area contributed by atoms with Crippen molar-refractivity contribution in [3.8, 4) is 6.07 Å². The fraction of sp³-hybridized carbons (Fsp3) is 0.476.